The van der Waals surface area contributed by atoms with Crippen molar-refractivity contribution in [2.24, 2.45) is 11.8 Å². The lowest BCUT2D eigenvalue weighted by atomic mass is 10.1. The molecular formula is C14H17NO. The van der Waals surface area contributed by atoms with Crippen molar-refractivity contribution in [2.45, 2.75) is 12.8 Å². The molecule has 1 saturated carbocycles. The zero-order valence-corrected chi connectivity index (χ0v) is 9.43. The van der Waals surface area contributed by atoms with Gasteiger partial charge in [-0.05, 0) is 30.2 Å². The van der Waals surface area contributed by atoms with Crippen LogP contribution in [0.1, 0.15) is 22.3 Å². The predicted octanol–water partition coefficient (Wildman–Crippen LogP) is 1.99. The predicted molar refractivity (Wildman–Crippen MR) is 63.6 cm³/mol. The van der Waals surface area contributed by atoms with Gasteiger partial charge in [-0.15, -0.1) is 0 Å². The molecule has 0 amide bonds. The van der Waals surface area contributed by atoms with Crippen LogP contribution in [0.25, 0.3) is 0 Å². The van der Waals surface area contributed by atoms with Gasteiger partial charge in [-0.2, -0.15) is 0 Å². The Balaban J connectivity index is 1.51. The minimum atomic E-state index is 0.770. The maximum absolute atomic E-state index is 10.5. The number of fused-ring (bicyclic) bond motifs is 1. The van der Waals surface area contributed by atoms with Crippen LogP contribution in [0.15, 0.2) is 24.3 Å². The zero-order chi connectivity index (χ0) is 11.0. The van der Waals surface area contributed by atoms with E-state index in [-0.39, 0.29) is 0 Å². The lowest BCUT2D eigenvalue weighted by molar-refractivity contribution is 0.112. The van der Waals surface area contributed by atoms with E-state index >= 15 is 0 Å². The van der Waals surface area contributed by atoms with Gasteiger partial charge < -0.3 is 4.90 Å². The lowest BCUT2D eigenvalue weighted by Crippen LogP contribution is -2.25. The molecule has 0 aromatic heterocycles. The number of hydrogen-bond donors (Lipinski definition) is 0. The Morgan fingerprint density at radius 2 is 1.88 bits per heavy atom. The summed E-state index contributed by atoms with van der Waals surface area (Å²) >= 11 is 0. The summed E-state index contributed by atoms with van der Waals surface area (Å²) in [4.78, 5) is 13.1. The highest BCUT2D eigenvalue weighted by molar-refractivity contribution is 5.74. The number of piperidine rings is 1. The summed E-state index contributed by atoms with van der Waals surface area (Å²) in [6.07, 6.45) is 3.49. The maximum atomic E-state index is 10.5. The zero-order valence-electron chi connectivity index (χ0n) is 9.43. The minimum Gasteiger partial charge on any atom is -0.302 e. The van der Waals surface area contributed by atoms with E-state index in [9.17, 15) is 4.79 Å². The summed E-state index contributed by atoms with van der Waals surface area (Å²) in [6, 6.07) is 7.95. The van der Waals surface area contributed by atoms with Gasteiger partial charge in [-0.3, -0.25) is 4.79 Å². The summed E-state index contributed by atoms with van der Waals surface area (Å²) < 4.78 is 0. The second-order valence-corrected chi connectivity index (χ2v) is 5.12. The van der Waals surface area contributed by atoms with Crippen molar-refractivity contribution < 1.29 is 4.79 Å². The van der Waals surface area contributed by atoms with Crippen molar-refractivity contribution in [3.05, 3.63) is 35.4 Å². The lowest BCUT2D eigenvalue weighted by Gasteiger charge is -2.16. The summed E-state index contributed by atoms with van der Waals surface area (Å²) in [5.41, 5.74) is 2.11. The Bertz CT molecular complexity index is 374. The molecule has 2 nitrogen and oxygen atoms in total. The number of carbonyl (C=O) groups excluding carboxylic acids is 1. The number of aldehydes is 1. The molecule has 0 radical (unpaired) electrons. The van der Waals surface area contributed by atoms with Crippen molar-refractivity contribution in [2.75, 3.05) is 19.6 Å². The molecule has 2 unspecified atom stereocenters. The third-order valence-corrected chi connectivity index (χ3v) is 3.89. The van der Waals surface area contributed by atoms with Crippen LogP contribution in [0.2, 0.25) is 0 Å². The van der Waals surface area contributed by atoms with E-state index in [0.29, 0.717) is 0 Å². The summed E-state index contributed by atoms with van der Waals surface area (Å²) in [7, 11) is 0. The number of carbonyl (C=O) groups is 1. The molecule has 84 valence electrons. The van der Waals surface area contributed by atoms with Gasteiger partial charge in [0.1, 0.15) is 6.29 Å². The van der Waals surface area contributed by atoms with Crippen molar-refractivity contribution in [1.82, 2.24) is 4.90 Å². The fourth-order valence-electron chi connectivity index (χ4n) is 2.73. The Morgan fingerprint density at radius 1 is 1.19 bits per heavy atom. The molecule has 0 N–H and O–H groups in total. The van der Waals surface area contributed by atoms with Crippen molar-refractivity contribution >= 4 is 6.29 Å². The molecule has 0 spiro atoms. The highest BCUT2D eigenvalue weighted by atomic mass is 16.1. The Labute approximate surface area is 96.3 Å². The molecular weight excluding hydrogens is 198 g/mol. The fraction of sp³-hybridized carbons (Fsp3) is 0.500. The van der Waals surface area contributed by atoms with Crippen LogP contribution in [0.5, 0.6) is 0 Å². The van der Waals surface area contributed by atoms with E-state index in [1.165, 1.54) is 31.6 Å². The summed E-state index contributed by atoms with van der Waals surface area (Å²) in [6.45, 7) is 3.81. The second kappa shape index (κ2) is 4.02. The van der Waals surface area contributed by atoms with Crippen molar-refractivity contribution in [1.29, 1.82) is 0 Å². The normalized spacial score (nSPS) is 27.8. The minimum absolute atomic E-state index is 0.770. The first-order chi connectivity index (χ1) is 7.85. The third kappa shape index (κ3) is 2.03. The largest absolute Gasteiger partial charge is 0.302 e. The van der Waals surface area contributed by atoms with Crippen molar-refractivity contribution in [3.8, 4) is 0 Å². The first kappa shape index (κ1) is 10.0. The van der Waals surface area contributed by atoms with Gasteiger partial charge in [0, 0.05) is 25.2 Å². The Hall–Kier alpha value is -1.15. The van der Waals surface area contributed by atoms with Crippen LogP contribution in [-0.2, 0) is 6.42 Å². The number of hydrogen-bond acceptors (Lipinski definition) is 2. The molecule has 16 heavy (non-hydrogen) atoms. The molecule has 2 aliphatic rings. The smallest absolute Gasteiger partial charge is 0.150 e. The monoisotopic (exact) mass is 215 g/mol. The number of nitrogens with zero attached hydrogens (tertiary/aromatic N) is 1. The SMILES string of the molecule is O=Cc1ccc(CCN2CC3CC3C2)cc1. The molecule has 1 aliphatic heterocycles. The van der Waals surface area contributed by atoms with Gasteiger partial charge in [-0.1, -0.05) is 24.3 Å². The van der Waals surface area contributed by atoms with Gasteiger partial charge in [0.2, 0.25) is 0 Å². The van der Waals surface area contributed by atoms with E-state index in [1.54, 1.807) is 0 Å². The van der Waals surface area contributed by atoms with Crippen LogP contribution in [0.4, 0.5) is 0 Å². The number of benzene rings is 1. The van der Waals surface area contributed by atoms with Crippen LogP contribution in [0.3, 0.4) is 0 Å². The molecule has 1 saturated heterocycles. The van der Waals surface area contributed by atoms with Gasteiger partial charge in [0.05, 0.1) is 0 Å². The van der Waals surface area contributed by atoms with Crippen LogP contribution in [-0.4, -0.2) is 30.8 Å². The van der Waals surface area contributed by atoms with Gasteiger partial charge in [-0.25, -0.2) is 0 Å². The molecule has 2 fully saturated rings. The first-order valence-electron chi connectivity index (χ1n) is 6.11. The molecule has 1 heterocycles. The van der Waals surface area contributed by atoms with E-state index in [4.69, 9.17) is 0 Å². The molecule has 2 atom stereocenters. The maximum Gasteiger partial charge on any atom is 0.150 e. The van der Waals surface area contributed by atoms with Gasteiger partial charge in [0.15, 0.2) is 0 Å². The van der Waals surface area contributed by atoms with Crippen LogP contribution >= 0.6 is 0 Å². The average molecular weight is 215 g/mol. The molecule has 1 aromatic carbocycles. The average Bonchev–Trinajstić information content (AvgIpc) is 2.95. The highest BCUT2D eigenvalue weighted by Gasteiger charge is 2.44. The molecule has 3 rings (SSSR count). The molecule has 0 bridgehead atoms. The fourth-order valence-corrected chi connectivity index (χ4v) is 2.73. The standard InChI is InChI=1S/C14H17NO/c16-10-12-3-1-11(2-4-12)5-6-15-8-13-7-14(13)9-15/h1-4,10,13-14H,5-9H2. The van der Waals surface area contributed by atoms with Crippen LogP contribution < -0.4 is 0 Å². The first-order valence-corrected chi connectivity index (χ1v) is 6.11. The number of rotatable bonds is 4. The van der Waals surface area contributed by atoms with Crippen molar-refractivity contribution in [3.63, 3.8) is 0 Å². The van der Waals surface area contributed by atoms with E-state index in [1.807, 2.05) is 12.1 Å². The van der Waals surface area contributed by atoms with Crippen LogP contribution in [0, 0.1) is 11.8 Å². The quantitative estimate of drug-likeness (QED) is 0.716. The molecule has 1 aliphatic carbocycles. The number of likely N-dealkylation sites (tertiary alicyclic amines) is 1. The van der Waals surface area contributed by atoms with Gasteiger partial charge >= 0.3 is 0 Å². The van der Waals surface area contributed by atoms with E-state index in [0.717, 1.165) is 30.1 Å². The highest BCUT2D eigenvalue weighted by Crippen LogP contribution is 2.44. The summed E-state index contributed by atoms with van der Waals surface area (Å²) in [5.74, 6) is 2.05. The van der Waals surface area contributed by atoms with Gasteiger partial charge in [0.25, 0.3) is 0 Å². The van der Waals surface area contributed by atoms with E-state index in [2.05, 4.69) is 17.0 Å². The third-order valence-electron chi connectivity index (χ3n) is 3.89. The van der Waals surface area contributed by atoms with E-state index < -0.39 is 0 Å². The topological polar surface area (TPSA) is 20.3 Å². The Kier molecular flexibility index (Phi) is 2.52. The second-order valence-electron chi connectivity index (χ2n) is 5.12. The summed E-state index contributed by atoms with van der Waals surface area (Å²) in [5, 5.41) is 0. The molecule has 2 heteroatoms. The Morgan fingerprint density at radius 3 is 2.50 bits per heavy atom. The molecule has 1 aromatic rings.